The summed E-state index contributed by atoms with van der Waals surface area (Å²) in [6.07, 6.45) is 0. The van der Waals surface area contributed by atoms with Crippen molar-refractivity contribution in [1.29, 1.82) is 0 Å². The highest BCUT2D eigenvalue weighted by atomic mass is 16.2. The summed E-state index contributed by atoms with van der Waals surface area (Å²) in [6.45, 7) is 5.72. The van der Waals surface area contributed by atoms with E-state index in [1.165, 1.54) is 10.1 Å². The third-order valence-corrected chi connectivity index (χ3v) is 4.56. The van der Waals surface area contributed by atoms with Gasteiger partial charge in [0.05, 0.1) is 0 Å². The van der Waals surface area contributed by atoms with Crippen molar-refractivity contribution >= 4 is 22.8 Å². The summed E-state index contributed by atoms with van der Waals surface area (Å²) in [5.41, 5.74) is 2.27. The number of aromatic amines is 1. The first-order valence-corrected chi connectivity index (χ1v) is 7.99. The van der Waals surface area contributed by atoms with Crippen molar-refractivity contribution in [2.24, 2.45) is 13.0 Å². The first-order valence-electron chi connectivity index (χ1n) is 7.99. The van der Waals surface area contributed by atoms with Gasteiger partial charge in [-0.15, -0.1) is 0 Å². The highest BCUT2D eigenvalue weighted by Crippen LogP contribution is 2.32. The monoisotopic (exact) mass is 325 g/mol. The molecule has 0 saturated heterocycles. The topological polar surface area (TPSA) is 75.9 Å². The Labute approximate surface area is 138 Å². The number of hydrogen-bond acceptors (Lipinski definition) is 4. The van der Waals surface area contributed by atoms with Crippen molar-refractivity contribution in [3.63, 3.8) is 0 Å². The maximum absolute atomic E-state index is 12.3. The van der Waals surface area contributed by atoms with Crippen LogP contribution in [0.2, 0.25) is 0 Å². The lowest BCUT2D eigenvalue weighted by Crippen LogP contribution is -2.35. The molecule has 7 nitrogen and oxygen atoms in total. The van der Waals surface area contributed by atoms with Gasteiger partial charge in [0.2, 0.25) is 5.95 Å². The van der Waals surface area contributed by atoms with Crippen LogP contribution in [0.4, 0.5) is 11.6 Å². The van der Waals surface area contributed by atoms with E-state index < -0.39 is 5.69 Å². The predicted octanol–water partition coefficient (Wildman–Crippen LogP) is 1.52. The molecule has 0 bridgehead atoms. The first-order chi connectivity index (χ1) is 11.5. The van der Waals surface area contributed by atoms with Crippen molar-refractivity contribution in [2.45, 2.75) is 20.4 Å². The summed E-state index contributed by atoms with van der Waals surface area (Å²) < 4.78 is 3.31. The fourth-order valence-corrected chi connectivity index (χ4v) is 3.31. The average molecular weight is 325 g/mol. The number of nitrogens with one attached hydrogen (secondary N) is 1. The zero-order valence-electron chi connectivity index (χ0n) is 13.9. The molecule has 7 heteroatoms. The van der Waals surface area contributed by atoms with Crippen molar-refractivity contribution in [2.75, 3.05) is 11.4 Å². The fourth-order valence-electron chi connectivity index (χ4n) is 3.31. The SMILES string of the molecule is Cc1ccc(N2C[C@H](C)Cn3c2nc2c3c(=O)[nH]c(=O)n2C)cc1. The van der Waals surface area contributed by atoms with Gasteiger partial charge in [0.15, 0.2) is 11.2 Å². The van der Waals surface area contributed by atoms with Gasteiger partial charge in [-0.25, -0.2) is 4.79 Å². The van der Waals surface area contributed by atoms with Crippen molar-refractivity contribution in [1.82, 2.24) is 19.1 Å². The average Bonchev–Trinajstić information content (AvgIpc) is 2.92. The van der Waals surface area contributed by atoms with E-state index in [0.29, 0.717) is 29.6 Å². The van der Waals surface area contributed by atoms with Crippen molar-refractivity contribution in [3.05, 3.63) is 50.7 Å². The Kier molecular flexibility index (Phi) is 3.13. The normalized spacial score (nSPS) is 17.3. The molecule has 3 heterocycles. The molecule has 24 heavy (non-hydrogen) atoms. The molecule has 1 aromatic carbocycles. The van der Waals surface area contributed by atoms with E-state index >= 15 is 0 Å². The molecule has 1 N–H and O–H groups in total. The second-order valence-electron chi connectivity index (χ2n) is 6.56. The van der Waals surface area contributed by atoms with Crippen LogP contribution in [0.15, 0.2) is 33.9 Å². The molecule has 0 aliphatic carbocycles. The zero-order valence-corrected chi connectivity index (χ0v) is 13.9. The molecule has 0 spiro atoms. The van der Waals surface area contributed by atoms with Gasteiger partial charge in [-0.3, -0.25) is 14.3 Å². The van der Waals surface area contributed by atoms with E-state index in [2.05, 4.69) is 46.1 Å². The van der Waals surface area contributed by atoms with Gasteiger partial charge in [0.1, 0.15) is 0 Å². The zero-order chi connectivity index (χ0) is 17.0. The lowest BCUT2D eigenvalue weighted by Gasteiger charge is -2.33. The Morgan fingerprint density at radius 1 is 1.17 bits per heavy atom. The van der Waals surface area contributed by atoms with Crippen LogP contribution in [0.5, 0.6) is 0 Å². The van der Waals surface area contributed by atoms with Crippen molar-refractivity contribution < 1.29 is 0 Å². The Morgan fingerprint density at radius 2 is 1.88 bits per heavy atom. The van der Waals surface area contributed by atoms with Gasteiger partial charge in [0, 0.05) is 25.8 Å². The second kappa shape index (κ2) is 5.09. The number of benzene rings is 1. The second-order valence-corrected chi connectivity index (χ2v) is 6.56. The number of aryl methyl sites for hydroxylation is 2. The van der Waals surface area contributed by atoms with Gasteiger partial charge in [0.25, 0.3) is 5.56 Å². The lowest BCUT2D eigenvalue weighted by atomic mass is 10.1. The number of rotatable bonds is 1. The van der Waals surface area contributed by atoms with E-state index in [1.807, 2.05) is 11.5 Å². The fraction of sp³-hybridized carbons (Fsp3) is 0.353. The molecule has 1 aliphatic rings. The third-order valence-electron chi connectivity index (χ3n) is 4.56. The van der Waals surface area contributed by atoms with Gasteiger partial charge < -0.3 is 9.47 Å². The van der Waals surface area contributed by atoms with Gasteiger partial charge in [-0.05, 0) is 25.0 Å². The van der Waals surface area contributed by atoms with Crippen LogP contribution >= 0.6 is 0 Å². The van der Waals surface area contributed by atoms with E-state index in [-0.39, 0.29) is 5.56 Å². The molecule has 0 amide bonds. The minimum atomic E-state index is -0.446. The first kappa shape index (κ1) is 14.7. The Bertz CT molecular complexity index is 1040. The molecular formula is C17H19N5O2. The number of H-pyrrole nitrogens is 1. The Morgan fingerprint density at radius 3 is 2.58 bits per heavy atom. The Hall–Kier alpha value is -2.83. The smallest absolute Gasteiger partial charge is 0.312 e. The molecule has 3 aromatic rings. The number of imidazole rings is 1. The van der Waals surface area contributed by atoms with E-state index in [4.69, 9.17) is 0 Å². The summed E-state index contributed by atoms with van der Waals surface area (Å²) in [5.74, 6) is 1.06. The maximum Gasteiger partial charge on any atom is 0.329 e. The molecule has 0 saturated carbocycles. The molecule has 0 radical (unpaired) electrons. The van der Waals surface area contributed by atoms with Gasteiger partial charge in [-0.1, -0.05) is 24.6 Å². The lowest BCUT2D eigenvalue weighted by molar-refractivity contribution is 0.458. The number of aromatic nitrogens is 4. The van der Waals surface area contributed by atoms with Crippen LogP contribution in [0.1, 0.15) is 12.5 Å². The highest BCUT2D eigenvalue weighted by molar-refractivity contribution is 5.76. The van der Waals surface area contributed by atoms with Gasteiger partial charge in [-0.2, -0.15) is 4.98 Å². The number of anilines is 2. The molecule has 1 atom stereocenters. The predicted molar refractivity (Wildman–Crippen MR) is 92.9 cm³/mol. The summed E-state index contributed by atoms with van der Waals surface area (Å²) in [5, 5.41) is 0. The molecule has 0 fully saturated rings. The van der Waals surface area contributed by atoms with Crippen LogP contribution in [0.3, 0.4) is 0 Å². The molecule has 1 aliphatic heterocycles. The third kappa shape index (κ3) is 2.08. The van der Waals surface area contributed by atoms with Crippen LogP contribution in [-0.4, -0.2) is 25.6 Å². The number of nitrogens with zero attached hydrogens (tertiary/aromatic N) is 4. The quantitative estimate of drug-likeness (QED) is 0.736. The summed E-state index contributed by atoms with van der Waals surface area (Å²) in [4.78, 5) is 33.3. The van der Waals surface area contributed by atoms with Crippen LogP contribution in [0, 0.1) is 12.8 Å². The van der Waals surface area contributed by atoms with Crippen molar-refractivity contribution in [3.8, 4) is 0 Å². The largest absolute Gasteiger partial charge is 0.329 e. The molecule has 0 unspecified atom stereocenters. The standard InChI is InChI=1S/C17H19N5O2/c1-10-4-6-12(7-5-10)21-8-11(2)9-22-13-14(18-16(21)22)20(3)17(24)19-15(13)23/h4-7,11H,8-9H2,1-3H3,(H,19,23,24)/t11-/m0/s1. The minimum absolute atomic E-state index is 0.354. The maximum atomic E-state index is 12.3. The van der Waals surface area contributed by atoms with Crippen LogP contribution in [0.25, 0.3) is 11.2 Å². The van der Waals surface area contributed by atoms with Crippen LogP contribution < -0.4 is 16.1 Å². The van der Waals surface area contributed by atoms with E-state index in [9.17, 15) is 9.59 Å². The number of fused-ring (bicyclic) bond motifs is 3. The van der Waals surface area contributed by atoms with E-state index in [0.717, 1.165) is 12.2 Å². The van der Waals surface area contributed by atoms with Crippen LogP contribution in [-0.2, 0) is 13.6 Å². The number of hydrogen-bond donors (Lipinski definition) is 1. The van der Waals surface area contributed by atoms with E-state index in [1.54, 1.807) is 7.05 Å². The van der Waals surface area contributed by atoms with Gasteiger partial charge >= 0.3 is 5.69 Å². The Balaban J connectivity index is 2.00. The minimum Gasteiger partial charge on any atom is -0.312 e. The molecule has 124 valence electrons. The highest BCUT2D eigenvalue weighted by Gasteiger charge is 2.28. The molecule has 4 rings (SSSR count). The summed E-state index contributed by atoms with van der Waals surface area (Å²) in [6, 6.07) is 8.23. The molecule has 2 aromatic heterocycles. The summed E-state index contributed by atoms with van der Waals surface area (Å²) >= 11 is 0. The molecular weight excluding hydrogens is 306 g/mol. The summed E-state index contributed by atoms with van der Waals surface area (Å²) in [7, 11) is 1.62.